The monoisotopic (exact) mass is 321 g/mol. The third-order valence-electron chi connectivity index (χ3n) is 4.41. The van der Waals surface area contributed by atoms with Crippen LogP contribution in [-0.4, -0.2) is 10.2 Å². The van der Waals surface area contributed by atoms with Crippen LogP contribution in [0.25, 0.3) is 0 Å². The molecule has 1 unspecified atom stereocenters. The Labute approximate surface area is 136 Å². The molecule has 0 bridgehead atoms. The molecule has 5 heteroatoms. The standard InChI is InChI=1S/C17H19NO3.ClH/c1-8-5-9(2)13(15(19)10(8)3)17-14-12(7-21-17)6-18-11(4)16(14)20;/h5-6,17,19-20H,7H2,1-4H3;1H. The lowest BCUT2D eigenvalue weighted by atomic mass is 9.91. The molecule has 2 aromatic rings. The van der Waals surface area contributed by atoms with E-state index < -0.39 is 6.10 Å². The molecule has 3 rings (SSSR count). The number of aromatic hydroxyl groups is 2. The van der Waals surface area contributed by atoms with E-state index in [4.69, 9.17) is 4.74 Å². The molecule has 0 fully saturated rings. The number of benzene rings is 1. The maximum Gasteiger partial charge on any atom is 0.219 e. The van der Waals surface area contributed by atoms with Crippen LogP contribution in [0.4, 0.5) is 0 Å². The molecule has 0 saturated carbocycles. The molecule has 1 aliphatic rings. The zero-order valence-electron chi connectivity index (χ0n) is 13.1. The van der Waals surface area contributed by atoms with Gasteiger partial charge in [0.15, 0.2) is 11.9 Å². The average Bonchev–Trinajstić information content (AvgIpc) is 2.85. The van der Waals surface area contributed by atoms with Crippen molar-refractivity contribution in [2.24, 2.45) is 0 Å². The first-order valence-corrected chi connectivity index (χ1v) is 7.06. The number of phenolic OH excluding ortho intramolecular Hbond substituents is 1. The third kappa shape index (κ3) is 2.32. The first-order chi connectivity index (χ1) is 9.91. The highest BCUT2D eigenvalue weighted by Crippen LogP contribution is 2.46. The molecular weight excluding hydrogens is 302 g/mol. The van der Waals surface area contributed by atoms with Gasteiger partial charge in [-0.15, -0.1) is 0 Å². The van der Waals surface area contributed by atoms with Crippen molar-refractivity contribution in [3.8, 4) is 11.5 Å². The van der Waals surface area contributed by atoms with Crippen molar-refractivity contribution < 1.29 is 32.3 Å². The lowest BCUT2D eigenvalue weighted by Gasteiger charge is -2.19. The van der Waals surface area contributed by atoms with Gasteiger partial charge in [0.2, 0.25) is 5.69 Å². The van der Waals surface area contributed by atoms with Crippen molar-refractivity contribution in [2.75, 3.05) is 0 Å². The van der Waals surface area contributed by atoms with Crippen LogP contribution < -0.4 is 17.4 Å². The number of rotatable bonds is 1. The Bertz CT molecular complexity index is 743. The SMILES string of the molecule is Cc1cc(C)c(C2OCc3c[nH+]c(C)c(O)c32)c(O)c1C.[Cl-]. The first kappa shape index (κ1) is 16.6. The molecule has 1 aromatic heterocycles. The summed E-state index contributed by atoms with van der Waals surface area (Å²) in [5, 5.41) is 20.9. The van der Waals surface area contributed by atoms with Crippen LogP contribution in [-0.2, 0) is 11.3 Å². The van der Waals surface area contributed by atoms with Crippen molar-refractivity contribution in [1.29, 1.82) is 0 Å². The molecule has 0 amide bonds. The van der Waals surface area contributed by atoms with E-state index in [1.165, 1.54) is 0 Å². The zero-order valence-corrected chi connectivity index (χ0v) is 13.9. The van der Waals surface area contributed by atoms with E-state index in [0.29, 0.717) is 12.3 Å². The number of phenols is 1. The van der Waals surface area contributed by atoms with Gasteiger partial charge in [-0.05, 0) is 37.5 Å². The van der Waals surface area contributed by atoms with Crippen LogP contribution in [0.2, 0.25) is 0 Å². The summed E-state index contributed by atoms with van der Waals surface area (Å²) in [6.07, 6.45) is 1.44. The summed E-state index contributed by atoms with van der Waals surface area (Å²) in [5.41, 5.74) is 6.01. The molecule has 0 radical (unpaired) electrons. The minimum Gasteiger partial charge on any atom is -1.00 e. The number of pyridine rings is 1. The molecule has 0 saturated heterocycles. The summed E-state index contributed by atoms with van der Waals surface area (Å²) >= 11 is 0. The van der Waals surface area contributed by atoms with Crippen LogP contribution in [0.15, 0.2) is 12.3 Å². The number of hydrogen-bond acceptors (Lipinski definition) is 3. The number of ether oxygens (including phenoxy) is 1. The van der Waals surface area contributed by atoms with Crippen molar-refractivity contribution in [2.45, 2.75) is 40.4 Å². The van der Waals surface area contributed by atoms with Gasteiger partial charge >= 0.3 is 0 Å². The molecule has 3 N–H and O–H groups in total. The van der Waals surface area contributed by atoms with Crippen molar-refractivity contribution in [3.05, 3.63) is 51.3 Å². The number of aryl methyl sites for hydroxylation is 3. The van der Waals surface area contributed by atoms with Crippen LogP contribution in [0.1, 0.15) is 45.2 Å². The van der Waals surface area contributed by atoms with Gasteiger partial charge in [-0.3, -0.25) is 0 Å². The van der Waals surface area contributed by atoms with E-state index in [1.54, 1.807) is 0 Å². The minimum atomic E-state index is -0.424. The largest absolute Gasteiger partial charge is 1.00 e. The molecule has 1 atom stereocenters. The predicted molar refractivity (Wildman–Crippen MR) is 78.3 cm³/mol. The second-order valence-corrected chi connectivity index (χ2v) is 5.79. The number of hydrogen-bond donors (Lipinski definition) is 2. The molecule has 1 aliphatic heterocycles. The lowest BCUT2D eigenvalue weighted by Crippen LogP contribution is -3.00. The highest BCUT2D eigenvalue weighted by atomic mass is 35.5. The van der Waals surface area contributed by atoms with Crippen molar-refractivity contribution >= 4 is 0 Å². The highest BCUT2D eigenvalue weighted by molar-refractivity contribution is 5.55. The summed E-state index contributed by atoms with van der Waals surface area (Å²) < 4.78 is 5.86. The lowest BCUT2D eigenvalue weighted by molar-refractivity contribution is -0.389. The fraction of sp³-hybridized carbons (Fsp3) is 0.353. The Hall–Kier alpha value is -1.78. The maximum absolute atomic E-state index is 10.5. The van der Waals surface area contributed by atoms with E-state index in [9.17, 15) is 10.2 Å². The summed E-state index contributed by atoms with van der Waals surface area (Å²) in [6, 6.07) is 2.05. The molecule has 0 aliphatic carbocycles. The third-order valence-corrected chi connectivity index (χ3v) is 4.41. The van der Waals surface area contributed by atoms with Gasteiger partial charge in [-0.1, -0.05) is 6.07 Å². The van der Waals surface area contributed by atoms with Gasteiger partial charge in [-0.25, -0.2) is 4.98 Å². The van der Waals surface area contributed by atoms with Gasteiger partial charge in [0.25, 0.3) is 0 Å². The van der Waals surface area contributed by atoms with Gasteiger partial charge in [-0.2, -0.15) is 0 Å². The predicted octanol–water partition coefficient (Wildman–Crippen LogP) is -0.231. The summed E-state index contributed by atoms with van der Waals surface area (Å²) in [4.78, 5) is 3.03. The Balaban J connectivity index is 0.00000176. The van der Waals surface area contributed by atoms with E-state index in [0.717, 1.165) is 33.4 Å². The molecule has 22 heavy (non-hydrogen) atoms. The van der Waals surface area contributed by atoms with Crippen molar-refractivity contribution in [1.82, 2.24) is 0 Å². The number of aromatic nitrogens is 1. The Morgan fingerprint density at radius 2 is 1.73 bits per heavy atom. The topological polar surface area (TPSA) is 63.8 Å². The summed E-state index contributed by atoms with van der Waals surface area (Å²) in [5.74, 6) is 0.474. The van der Waals surface area contributed by atoms with Crippen LogP contribution in [0.3, 0.4) is 0 Å². The number of H-pyrrole nitrogens is 1. The van der Waals surface area contributed by atoms with E-state index in [1.807, 2.05) is 40.0 Å². The average molecular weight is 322 g/mol. The second-order valence-electron chi connectivity index (χ2n) is 5.79. The molecule has 1 aromatic carbocycles. The second kappa shape index (κ2) is 5.78. The summed E-state index contributed by atoms with van der Waals surface area (Å²) in [7, 11) is 0. The molecule has 118 valence electrons. The fourth-order valence-electron chi connectivity index (χ4n) is 3.01. The normalized spacial score (nSPS) is 16.3. The molecule has 2 heterocycles. The van der Waals surface area contributed by atoms with E-state index >= 15 is 0 Å². The maximum atomic E-state index is 10.5. The smallest absolute Gasteiger partial charge is 0.219 e. The van der Waals surface area contributed by atoms with Gasteiger partial charge in [0.05, 0.1) is 12.2 Å². The Morgan fingerprint density at radius 1 is 1.05 bits per heavy atom. The highest BCUT2D eigenvalue weighted by Gasteiger charge is 2.34. The number of nitrogens with one attached hydrogen (secondary N) is 1. The van der Waals surface area contributed by atoms with Crippen molar-refractivity contribution in [3.63, 3.8) is 0 Å². The Morgan fingerprint density at radius 3 is 2.41 bits per heavy atom. The van der Waals surface area contributed by atoms with Crippen LogP contribution in [0.5, 0.6) is 11.5 Å². The molecule has 4 nitrogen and oxygen atoms in total. The number of aromatic amines is 1. The minimum absolute atomic E-state index is 0. The van der Waals surface area contributed by atoms with Gasteiger partial charge in [0.1, 0.15) is 11.9 Å². The van der Waals surface area contributed by atoms with Crippen LogP contribution >= 0.6 is 0 Å². The van der Waals surface area contributed by atoms with E-state index in [-0.39, 0.29) is 23.9 Å². The molecule has 0 spiro atoms. The van der Waals surface area contributed by atoms with E-state index in [2.05, 4.69) is 4.98 Å². The zero-order chi connectivity index (χ0) is 15.3. The number of halogens is 1. The van der Waals surface area contributed by atoms with Gasteiger partial charge in [0, 0.05) is 18.1 Å². The summed E-state index contributed by atoms with van der Waals surface area (Å²) in [6.45, 7) is 8.08. The Kier molecular flexibility index (Phi) is 4.36. The fourth-order valence-corrected chi connectivity index (χ4v) is 3.01. The number of fused-ring (bicyclic) bond motifs is 1. The van der Waals surface area contributed by atoms with Gasteiger partial charge < -0.3 is 27.4 Å². The first-order valence-electron chi connectivity index (χ1n) is 7.06. The van der Waals surface area contributed by atoms with Crippen LogP contribution in [0, 0.1) is 27.7 Å². The quantitative estimate of drug-likeness (QED) is 0.762. The molecular formula is C17H20ClNO3.